The van der Waals surface area contributed by atoms with Gasteiger partial charge in [-0.25, -0.2) is 14.5 Å². The van der Waals surface area contributed by atoms with Gasteiger partial charge in [0.1, 0.15) is 0 Å². The molecule has 1 heterocycles. The maximum atomic E-state index is 11.5. The van der Waals surface area contributed by atoms with E-state index in [4.69, 9.17) is 0 Å². The third kappa shape index (κ3) is 1.07. The van der Waals surface area contributed by atoms with Crippen molar-refractivity contribution in [2.75, 3.05) is 21.1 Å². The van der Waals surface area contributed by atoms with Crippen LogP contribution in [-0.4, -0.2) is 59.9 Å². The van der Waals surface area contributed by atoms with Gasteiger partial charge in [-0.2, -0.15) is 0 Å². The number of likely N-dealkylation sites (N-methyl/N-ethyl adjacent to an activating group) is 2. The smallest absolute Gasteiger partial charge is 0.299 e. The number of hydrogen-bond acceptors (Lipinski definition) is 3. The van der Waals surface area contributed by atoms with Crippen LogP contribution in [0.5, 0.6) is 0 Å². The van der Waals surface area contributed by atoms with Crippen LogP contribution in [0.4, 0.5) is 9.59 Å². The number of hydrogen-bond donors (Lipinski definition) is 0. The molecule has 0 aromatic carbocycles. The molecule has 0 spiro atoms. The molecular weight excluding hydrogens is 186 g/mol. The van der Waals surface area contributed by atoms with Crippen molar-refractivity contribution >= 4 is 18.3 Å². The molecular formula is C8H13N3O3. The Balaban J connectivity index is 3.17. The number of nitrogens with zero attached hydrogens (tertiary/aromatic N) is 3. The molecule has 1 fully saturated rings. The average Bonchev–Trinajstić information content (AvgIpc) is 2.21. The molecule has 4 amide bonds. The highest BCUT2D eigenvalue weighted by Crippen LogP contribution is 2.22. The number of aldehydes is 1. The Morgan fingerprint density at radius 3 is 1.71 bits per heavy atom. The maximum Gasteiger partial charge on any atom is 0.329 e. The molecule has 14 heavy (non-hydrogen) atoms. The zero-order valence-corrected chi connectivity index (χ0v) is 8.64. The van der Waals surface area contributed by atoms with E-state index in [2.05, 4.69) is 0 Å². The topological polar surface area (TPSA) is 60.9 Å². The lowest BCUT2D eigenvalue weighted by Gasteiger charge is -2.47. The Morgan fingerprint density at radius 1 is 1.07 bits per heavy atom. The van der Waals surface area contributed by atoms with Gasteiger partial charge in [-0.1, -0.05) is 0 Å². The quantitative estimate of drug-likeness (QED) is 0.556. The van der Waals surface area contributed by atoms with Crippen LogP contribution in [-0.2, 0) is 4.79 Å². The minimum atomic E-state index is -1.19. The van der Waals surface area contributed by atoms with Crippen LogP contribution in [0.1, 0.15) is 6.92 Å². The molecule has 0 N–H and O–H groups in total. The van der Waals surface area contributed by atoms with Gasteiger partial charge in [0.2, 0.25) is 0 Å². The fourth-order valence-electron chi connectivity index (χ4n) is 1.30. The monoisotopic (exact) mass is 199 g/mol. The standard InChI is InChI=1S/C8H13N3O3/c1-8(5-12)10(3)6(13)9(2)7(14)11(8)4/h5H,1-4H3. The molecule has 1 saturated heterocycles. The van der Waals surface area contributed by atoms with Gasteiger partial charge >= 0.3 is 12.1 Å². The largest absolute Gasteiger partial charge is 0.329 e. The highest BCUT2D eigenvalue weighted by atomic mass is 16.2. The molecule has 0 bridgehead atoms. The van der Waals surface area contributed by atoms with Gasteiger partial charge < -0.3 is 0 Å². The van der Waals surface area contributed by atoms with E-state index in [0.29, 0.717) is 6.29 Å². The van der Waals surface area contributed by atoms with E-state index in [1.807, 2.05) is 0 Å². The van der Waals surface area contributed by atoms with E-state index in [9.17, 15) is 14.4 Å². The Bertz CT molecular complexity index is 280. The van der Waals surface area contributed by atoms with Crippen LogP contribution in [0.3, 0.4) is 0 Å². The van der Waals surface area contributed by atoms with Gasteiger partial charge in [-0.3, -0.25) is 14.6 Å². The molecule has 1 aliphatic rings. The lowest BCUT2D eigenvalue weighted by molar-refractivity contribution is -0.124. The van der Waals surface area contributed by atoms with Crippen LogP contribution in [0, 0.1) is 0 Å². The highest BCUT2D eigenvalue weighted by molar-refractivity contribution is 5.99. The summed E-state index contributed by atoms with van der Waals surface area (Å²) in [4.78, 5) is 37.3. The van der Waals surface area contributed by atoms with Crippen molar-refractivity contribution in [2.45, 2.75) is 12.6 Å². The van der Waals surface area contributed by atoms with Crippen LogP contribution in [0.2, 0.25) is 0 Å². The first-order valence-corrected chi connectivity index (χ1v) is 4.12. The van der Waals surface area contributed by atoms with Crippen molar-refractivity contribution in [3.8, 4) is 0 Å². The predicted molar refractivity (Wildman–Crippen MR) is 48.6 cm³/mol. The summed E-state index contributed by atoms with van der Waals surface area (Å²) < 4.78 is 0. The van der Waals surface area contributed by atoms with Gasteiger partial charge in [0.25, 0.3) is 0 Å². The van der Waals surface area contributed by atoms with Crippen molar-refractivity contribution < 1.29 is 14.4 Å². The van der Waals surface area contributed by atoms with Crippen LogP contribution < -0.4 is 0 Å². The third-order valence-electron chi connectivity index (χ3n) is 2.73. The zero-order chi connectivity index (χ0) is 11.1. The molecule has 1 aliphatic heterocycles. The second kappa shape index (κ2) is 2.97. The fourth-order valence-corrected chi connectivity index (χ4v) is 1.30. The minimum Gasteiger partial charge on any atom is -0.299 e. The molecule has 0 radical (unpaired) electrons. The number of amides is 4. The molecule has 0 aromatic heterocycles. The zero-order valence-electron chi connectivity index (χ0n) is 8.64. The lowest BCUT2D eigenvalue weighted by Crippen LogP contribution is -2.70. The Kier molecular flexibility index (Phi) is 2.22. The number of imide groups is 1. The minimum absolute atomic E-state index is 0.484. The second-order valence-corrected chi connectivity index (χ2v) is 3.45. The summed E-state index contributed by atoms with van der Waals surface area (Å²) in [6.07, 6.45) is 0.579. The Hall–Kier alpha value is -1.59. The molecule has 78 valence electrons. The Labute approximate surface area is 82.1 Å². The van der Waals surface area contributed by atoms with Gasteiger partial charge in [-0.05, 0) is 6.92 Å². The summed E-state index contributed by atoms with van der Waals surface area (Å²) >= 11 is 0. The molecule has 6 heteroatoms. The van der Waals surface area contributed by atoms with Crippen LogP contribution >= 0.6 is 0 Å². The van der Waals surface area contributed by atoms with Gasteiger partial charge in [-0.15, -0.1) is 0 Å². The molecule has 6 nitrogen and oxygen atoms in total. The molecule has 0 atom stereocenters. The number of rotatable bonds is 1. The predicted octanol–water partition coefficient (Wildman–Crippen LogP) is -0.0495. The van der Waals surface area contributed by atoms with E-state index >= 15 is 0 Å². The van der Waals surface area contributed by atoms with E-state index < -0.39 is 17.7 Å². The normalized spacial score (nSPS) is 21.6. The molecule has 1 rings (SSSR count). The first-order valence-electron chi connectivity index (χ1n) is 4.12. The van der Waals surface area contributed by atoms with Crippen molar-refractivity contribution in [3.05, 3.63) is 0 Å². The number of carbonyl (C=O) groups excluding carboxylic acids is 3. The van der Waals surface area contributed by atoms with E-state index in [1.165, 1.54) is 37.9 Å². The van der Waals surface area contributed by atoms with E-state index in [1.54, 1.807) is 0 Å². The van der Waals surface area contributed by atoms with Crippen molar-refractivity contribution in [3.63, 3.8) is 0 Å². The molecule has 0 unspecified atom stereocenters. The van der Waals surface area contributed by atoms with Crippen LogP contribution in [0.15, 0.2) is 0 Å². The fraction of sp³-hybridized carbons (Fsp3) is 0.625. The summed E-state index contributed by atoms with van der Waals surface area (Å²) in [5.74, 6) is 0. The van der Waals surface area contributed by atoms with E-state index in [-0.39, 0.29) is 0 Å². The molecule has 0 aliphatic carbocycles. The van der Waals surface area contributed by atoms with Gasteiger partial charge in [0.15, 0.2) is 11.9 Å². The summed E-state index contributed by atoms with van der Waals surface area (Å²) in [7, 11) is 4.34. The number of carbonyl (C=O) groups is 3. The third-order valence-corrected chi connectivity index (χ3v) is 2.73. The Morgan fingerprint density at radius 2 is 1.43 bits per heavy atom. The van der Waals surface area contributed by atoms with Gasteiger partial charge in [0.05, 0.1) is 0 Å². The summed E-state index contributed by atoms with van der Waals surface area (Å²) in [6.45, 7) is 1.52. The second-order valence-electron chi connectivity index (χ2n) is 3.45. The van der Waals surface area contributed by atoms with Crippen molar-refractivity contribution in [1.82, 2.24) is 14.7 Å². The maximum absolute atomic E-state index is 11.5. The van der Waals surface area contributed by atoms with Gasteiger partial charge in [0, 0.05) is 21.1 Å². The summed E-state index contributed by atoms with van der Waals surface area (Å²) in [6, 6.07) is -0.967. The lowest BCUT2D eigenvalue weighted by atomic mass is 10.1. The first kappa shape index (κ1) is 10.5. The number of urea groups is 2. The van der Waals surface area contributed by atoms with Crippen LogP contribution in [0.25, 0.3) is 0 Å². The molecule has 0 aromatic rings. The summed E-state index contributed by atoms with van der Waals surface area (Å²) in [5.41, 5.74) is -1.19. The SMILES string of the molecule is CN1C(=O)N(C)C(C)(C=O)N(C)C1=O. The van der Waals surface area contributed by atoms with Crippen molar-refractivity contribution in [2.24, 2.45) is 0 Å². The van der Waals surface area contributed by atoms with Crippen molar-refractivity contribution in [1.29, 1.82) is 0 Å². The van der Waals surface area contributed by atoms with E-state index in [0.717, 1.165) is 4.90 Å². The molecule has 0 saturated carbocycles. The average molecular weight is 199 g/mol. The summed E-state index contributed by atoms with van der Waals surface area (Å²) in [5, 5.41) is 0. The first-order chi connectivity index (χ1) is 6.36. The highest BCUT2D eigenvalue weighted by Gasteiger charge is 2.47.